The van der Waals surface area contributed by atoms with Gasteiger partial charge in [0.1, 0.15) is 5.75 Å². The van der Waals surface area contributed by atoms with Gasteiger partial charge in [0.05, 0.1) is 16.2 Å². The van der Waals surface area contributed by atoms with E-state index in [4.69, 9.17) is 16.3 Å². The number of carbonyl (C=O) groups is 1. The fraction of sp³-hybridized carbons (Fsp3) is 0.500. The van der Waals surface area contributed by atoms with Crippen molar-refractivity contribution in [2.24, 2.45) is 0 Å². The summed E-state index contributed by atoms with van der Waals surface area (Å²) in [6, 6.07) is 5.15. The van der Waals surface area contributed by atoms with Gasteiger partial charge in [0, 0.05) is 4.47 Å². The summed E-state index contributed by atoms with van der Waals surface area (Å²) in [6.45, 7) is 6.61. The average Bonchev–Trinajstić information content (AvgIpc) is 2.25. The van der Waals surface area contributed by atoms with Crippen molar-refractivity contribution >= 4 is 33.4 Å². The number of aliphatic hydroxyl groups is 1. The Balaban J connectivity index is 2.60. The van der Waals surface area contributed by atoms with Crippen molar-refractivity contribution in [3.05, 3.63) is 27.7 Å². The van der Waals surface area contributed by atoms with Crippen LogP contribution in [0.15, 0.2) is 22.7 Å². The highest BCUT2D eigenvalue weighted by atomic mass is 79.9. The highest BCUT2D eigenvalue weighted by Gasteiger charge is 2.36. The van der Waals surface area contributed by atoms with Gasteiger partial charge < -0.3 is 15.2 Å². The van der Waals surface area contributed by atoms with Gasteiger partial charge in [0.2, 0.25) is 0 Å². The van der Waals surface area contributed by atoms with E-state index in [1.165, 1.54) is 0 Å². The fourth-order valence-electron chi connectivity index (χ4n) is 1.27. The molecule has 1 amide bonds. The third kappa shape index (κ3) is 4.65. The molecule has 0 atom stereocenters. The number of hydrogen-bond acceptors (Lipinski definition) is 3. The number of halogens is 2. The minimum atomic E-state index is -1.04. The Kier molecular flexibility index (Phi) is 5.46. The van der Waals surface area contributed by atoms with Gasteiger partial charge in [-0.15, -0.1) is 0 Å². The number of benzene rings is 1. The van der Waals surface area contributed by atoms with E-state index in [2.05, 4.69) is 21.2 Å². The van der Waals surface area contributed by atoms with Crippen molar-refractivity contribution < 1.29 is 14.6 Å². The van der Waals surface area contributed by atoms with Crippen molar-refractivity contribution in [2.45, 2.75) is 38.8 Å². The molecule has 1 aromatic carbocycles. The zero-order valence-electron chi connectivity index (χ0n) is 12.0. The number of hydrogen-bond donors (Lipinski definition) is 2. The van der Waals surface area contributed by atoms with E-state index in [-0.39, 0.29) is 12.5 Å². The molecule has 112 valence electrons. The van der Waals surface area contributed by atoms with E-state index in [0.717, 1.165) is 4.47 Å². The van der Waals surface area contributed by atoms with E-state index < -0.39 is 11.1 Å². The minimum absolute atomic E-state index is 0.166. The molecule has 0 aliphatic rings. The van der Waals surface area contributed by atoms with Crippen molar-refractivity contribution in [1.82, 2.24) is 5.32 Å². The lowest BCUT2D eigenvalue weighted by Crippen LogP contribution is -2.58. The normalized spacial score (nSPS) is 12.2. The molecule has 0 heterocycles. The third-order valence-electron chi connectivity index (χ3n) is 3.23. The van der Waals surface area contributed by atoms with Crippen LogP contribution in [0.25, 0.3) is 0 Å². The molecule has 6 heteroatoms. The maximum absolute atomic E-state index is 11.9. The molecule has 0 saturated heterocycles. The third-order valence-corrected chi connectivity index (χ3v) is 4.02. The first-order chi connectivity index (χ1) is 9.03. The van der Waals surface area contributed by atoms with Crippen LogP contribution in [0, 0.1) is 0 Å². The van der Waals surface area contributed by atoms with Gasteiger partial charge in [-0.3, -0.25) is 4.79 Å². The predicted molar refractivity (Wildman–Crippen MR) is 83.2 cm³/mol. The summed E-state index contributed by atoms with van der Waals surface area (Å²) in [5, 5.41) is 13.1. The first kappa shape index (κ1) is 17.3. The summed E-state index contributed by atoms with van der Waals surface area (Å²) < 4.78 is 6.20. The minimum Gasteiger partial charge on any atom is -0.482 e. The second-order valence-electron chi connectivity index (χ2n) is 5.60. The molecule has 1 rings (SSSR count). The van der Waals surface area contributed by atoms with Crippen LogP contribution >= 0.6 is 27.5 Å². The maximum Gasteiger partial charge on any atom is 0.258 e. The Labute approximate surface area is 132 Å². The predicted octanol–water partition coefficient (Wildman–Crippen LogP) is 3.15. The molecular formula is C14H19BrClNO3. The molecule has 0 aliphatic heterocycles. The van der Waals surface area contributed by atoms with E-state index in [1.54, 1.807) is 45.9 Å². The molecule has 0 unspecified atom stereocenters. The zero-order valence-corrected chi connectivity index (χ0v) is 14.3. The van der Waals surface area contributed by atoms with Gasteiger partial charge in [-0.1, -0.05) is 27.5 Å². The lowest BCUT2D eigenvalue weighted by atomic mass is 9.86. The standard InChI is InChI=1S/C14H19BrClNO3/c1-13(2,14(3,4)19)17-12(18)8-20-11-6-5-9(15)7-10(11)16/h5-7,19H,8H2,1-4H3,(H,17,18). The Bertz CT molecular complexity index is 498. The summed E-state index contributed by atoms with van der Waals surface area (Å²) in [6.07, 6.45) is 0. The van der Waals surface area contributed by atoms with E-state index in [1.807, 2.05) is 0 Å². The Morgan fingerprint density at radius 1 is 1.40 bits per heavy atom. The summed E-state index contributed by atoms with van der Waals surface area (Å²) in [5.74, 6) is 0.113. The summed E-state index contributed by atoms with van der Waals surface area (Å²) >= 11 is 9.28. The molecule has 0 fully saturated rings. The van der Waals surface area contributed by atoms with Crippen LogP contribution in [0.1, 0.15) is 27.7 Å². The summed E-state index contributed by atoms with van der Waals surface area (Å²) in [4.78, 5) is 11.9. The molecule has 0 aromatic heterocycles. The van der Waals surface area contributed by atoms with Gasteiger partial charge in [0.15, 0.2) is 6.61 Å². The molecule has 0 radical (unpaired) electrons. The summed E-state index contributed by atoms with van der Waals surface area (Å²) in [5.41, 5.74) is -1.81. The van der Waals surface area contributed by atoms with Crippen molar-refractivity contribution in [3.8, 4) is 5.75 Å². The number of nitrogens with one attached hydrogen (secondary N) is 1. The Morgan fingerprint density at radius 3 is 2.50 bits per heavy atom. The molecule has 1 aromatic rings. The van der Waals surface area contributed by atoms with Crippen LogP contribution in [0.4, 0.5) is 0 Å². The lowest BCUT2D eigenvalue weighted by molar-refractivity contribution is -0.128. The van der Waals surface area contributed by atoms with Crippen molar-refractivity contribution in [2.75, 3.05) is 6.61 Å². The van der Waals surface area contributed by atoms with Crippen LogP contribution in [-0.4, -0.2) is 28.8 Å². The fourth-order valence-corrected chi connectivity index (χ4v) is 2.00. The first-order valence-electron chi connectivity index (χ1n) is 6.14. The SMILES string of the molecule is CC(C)(O)C(C)(C)NC(=O)COc1ccc(Br)cc1Cl. The molecular weight excluding hydrogens is 346 g/mol. The molecule has 0 saturated carbocycles. The smallest absolute Gasteiger partial charge is 0.258 e. The molecule has 0 aliphatic carbocycles. The number of amides is 1. The molecule has 0 bridgehead atoms. The lowest BCUT2D eigenvalue weighted by Gasteiger charge is -2.37. The van der Waals surface area contributed by atoms with Gasteiger partial charge in [-0.25, -0.2) is 0 Å². The van der Waals surface area contributed by atoms with Crippen LogP contribution < -0.4 is 10.1 Å². The van der Waals surface area contributed by atoms with Gasteiger partial charge in [-0.05, 0) is 45.9 Å². The maximum atomic E-state index is 11.9. The molecule has 4 nitrogen and oxygen atoms in total. The average molecular weight is 365 g/mol. The summed E-state index contributed by atoms with van der Waals surface area (Å²) in [7, 11) is 0. The Hall–Kier alpha value is -0.780. The second-order valence-corrected chi connectivity index (χ2v) is 6.92. The van der Waals surface area contributed by atoms with Crippen LogP contribution in [0.5, 0.6) is 5.75 Å². The van der Waals surface area contributed by atoms with Gasteiger partial charge in [-0.2, -0.15) is 0 Å². The van der Waals surface area contributed by atoms with Crippen LogP contribution in [0.2, 0.25) is 5.02 Å². The van der Waals surface area contributed by atoms with Crippen molar-refractivity contribution in [3.63, 3.8) is 0 Å². The van der Waals surface area contributed by atoms with E-state index >= 15 is 0 Å². The molecule has 20 heavy (non-hydrogen) atoms. The van der Waals surface area contributed by atoms with Crippen LogP contribution in [0.3, 0.4) is 0 Å². The second kappa shape index (κ2) is 6.33. The number of ether oxygens (including phenoxy) is 1. The van der Waals surface area contributed by atoms with E-state index in [9.17, 15) is 9.90 Å². The topological polar surface area (TPSA) is 58.6 Å². The highest BCUT2D eigenvalue weighted by Crippen LogP contribution is 2.27. The molecule has 0 spiro atoms. The zero-order chi connectivity index (χ0) is 15.6. The number of rotatable bonds is 5. The highest BCUT2D eigenvalue weighted by molar-refractivity contribution is 9.10. The van der Waals surface area contributed by atoms with Gasteiger partial charge >= 0.3 is 0 Å². The van der Waals surface area contributed by atoms with Gasteiger partial charge in [0.25, 0.3) is 5.91 Å². The van der Waals surface area contributed by atoms with Crippen molar-refractivity contribution in [1.29, 1.82) is 0 Å². The first-order valence-corrected chi connectivity index (χ1v) is 7.31. The molecule has 2 N–H and O–H groups in total. The monoisotopic (exact) mass is 363 g/mol. The van der Waals surface area contributed by atoms with Crippen LogP contribution in [-0.2, 0) is 4.79 Å². The largest absolute Gasteiger partial charge is 0.482 e. The quantitative estimate of drug-likeness (QED) is 0.844. The van der Waals surface area contributed by atoms with E-state index in [0.29, 0.717) is 10.8 Å². The number of carbonyl (C=O) groups excluding carboxylic acids is 1. The Morgan fingerprint density at radius 2 is 2.00 bits per heavy atom.